The fourth-order valence-electron chi connectivity index (χ4n) is 1.09. The van der Waals surface area contributed by atoms with Gasteiger partial charge in [0.1, 0.15) is 5.58 Å². The van der Waals surface area contributed by atoms with Crippen molar-refractivity contribution in [3.05, 3.63) is 36.1 Å². The van der Waals surface area contributed by atoms with E-state index in [2.05, 4.69) is 0 Å². The van der Waals surface area contributed by atoms with Crippen molar-refractivity contribution in [1.29, 1.82) is 0 Å². The average molecular weight is 164 g/mol. The summed E-state index contributed by atoms with van der Waals surface area (Å²) in [5.74, 6) is -1.05. The summed E-state index contributed by atoms with van der Waals surface area (Å²) < 4.78 is 5.03. The van der Waals surface area contributed by atoms with E-state index in [0.29, 0.717) is 5.58 Å². The number of fused-ring (bicyclic) bond motifs is 1. The summed E-state index contributed by atoms with van der Waals surface area (Å²) >= 11 is 0. The van der Waals surface area contributed by atoms with Crippen LogP contribution in [-0.2, 0) is 0 Å². The van der Waals surface area contributed by atoms with Crippen LogP contribution in [0.25, 0.3) is 11.0 Å². The molecule has 0 atom stereocenters. The maximum absolute atomic E-state index is 10.5. The SMILES string of the molecule is O=[14C](O)c1cc2ccccc2o1. The quantitative estimate of drug-likeness (QED) is 0.702. The van der Waals surface area contributed by atoms with E-state index in [-0.39, 0.29) is 5.76 Å². The Hall–Kier alpha value is -1.77. The minimum absolute atomic E-state index is 0.0174. The van der Waals surface area contributed by atoms with Crippen molar-refractivity contribution in [3.8, 4) is 0 Å². The fourth-order valence-corrected chi connectivity index (χ4v) is 1.09. The van der Waals surface area contributed by atoms with Crippen LogP contribution < -0.4 is 0 Å². The molecular formula is C9H6O3. The van der Waals surface area contributed by atoms with Crippen LogP contribution in [-0.4, -0.2) is 11.1 Å². The minimum atomic E-state index is -1.04. The standard InChI is InChI=1S/C9H6O3/c10-9(11)8-5-6-3-1-2-4-7(6)12-8/h1-5H,(H,10,11)/i9+2. The third-order valence-electron chi connectivity index (χ3n) is 1.64. The van der Waals surface area contributed by atoms with Crippen LogP contribution in [0, 0.1) is 0 Å². The Morgan fingerprint density at radius 2 is 2.08 bits per heavy atom. The second kappa shape index (κ2) is 2.37. The lowest BCUT2D eigenvalue weighted by molar-refractivity contribution is 0.0665. The van der Waals surface area contributed by atoms with E-state index in [0.717, 1.165) is 5.39 Å². The fraction of sp³-hybridized carbons (Fsp3) is 0. The first-order chi connectivity index (χ1) is 5.77. The zero-order valence-corrected chi connectivity index (χ0v) is 6.15. The summed E-state index contributed by atoms with van der Waals surface area (Å²) in [6.45, 7) is 0. The van der Waals surface area contributed by atoms with E-state index >= 15 is 0 Å². The van der Waals surface area contributed by atoms with E-state index in [1.807, 2.05) is 12.1 Å². The molecule has 0 spiro atoms. The van der Waals surface area contributed by atoms with Crippen LogP contribution in [0.1, 0.15) is 10.6 Å². The first-order valence-electron chi connectivity index (χ1n) is 3.49. The molecule has 0 bridgehead atoms. The number of hydrogen-bond donors (Lipinski definition) is 1. The molecule has 2 aromatic rings. The predicted molar refractivity (Wildman–Crippen MR) is 43.2 cm³/mol. The molecule has 0 radical (unpaired) electrons. The van der Waals surface area contributed by atoms with Crippen LogP contribution in [0.3, 0.4) is 0 Å². The molecule has 12 heavy (non-hydrogen) atoms. The van der Waals surface area contributed by atoms with E-state index in [9.17, 15) is 4.79 Å². The highest BCUT2D eigenvalue weighted by atomic mass is 16.6. The molecule has 0 saturated carbocycles. The van der Waals surface area contributed by atoms with Crippen molar-refractivity contribution in [1.82, 2.24) is 0 Å². The number of aromatic carboxylic acids is 1. The summed E-state index contributed by atoms with van der Waals surface area (Å²) in [4.78, 5) is 10.5. The number of carbonyl (C=O) groups is 1. The second-order valence-corrected chi connectivity index (χ2v) is 2.45. The molecule has 0 unspecified atom stereocenters. The Labute approximate surface area is 68.2 Å². The molecular weight excluding hydrogens is 158 g/mol. The molecule has 3 heteroatoms. The predicted octanol–water partition coefficient (Wildman–Crippen LogP) is 2.13. The highest BCUT2D eigenvalue weighted by Crippen LogP contribution is 2.18. The third-order valence-corrected chi connectivity index (χ3v) is 1.64. The Kier molecular flexibility index (Phi) is 1.37. The van der Waals surface area contributed by atoms with Gasteiger partial charge < -0.3 is 9.52 Å². The lowest BCUT2D eigenvalue weighted by Crippen LogP contribution is -1.91. The monoisotopic (exact) mass is 164 g/mol. The number of carboxylic acids is 1. The van der Waals surface area contributed by atoms with Crippen molar-refractivity contribution in [2.24, 2.45) is 0 Å². The van der Waals surface area contributed by atoms with E-state index < -0.39 is 5.97 Å². The van der Waals surface area contributed by atoms with Gasteiger partial charge in [0.2, 0.25) is 5.76 Å². The van der Waals surface area contributed by atoms with Crippen LogP contribution in [0.2, 0.25) is 0 Å². The van der Waals surface area contributed by atoms with Gasteiger partial charge in [-0.05, 0) is 12.1 Å². The third kappa shape index (κ3) is 0.955. The van der Waals surface area contributed by atoms with Gasteiger partial charge in [0.05, 0.1) is 0 Å². The number of hydrogen-bond acceptors (Lipinski definition) is 2. The van der Waals surface area contributed by atoms with Crippen LogP contribution in [0.15, 0.2) is 34.7 Å². The lowest BCUT2D eigenvalue weighted by Gasteiger charge is -1.83. The van der Waals surface area contributed by atoms with Crippen molar-refractivity contribution in [2.45, 2.75) is 0 Å². The first kappa shape index (κ1) is 6.91. The molecule has 1 heterocycles. The highest BCUT2D eigenvalue weighted by Gasteiger charge is 2.08. The largest absolute Gasteiger partial charge is 0.475 e. The zero-order valence-electron chi connectivity index (χ0n) is 6.15. The van der Waals surface area contributed by atoms with Gasteiger partial charge in [0.15, 0.2) is 0 Å². The van der Waals surface area contributed by atoms with Gasteiger partial charge in [-0.3, -0.25) is 0 Å². The van der Waals surface area contributed by atoms with Crippen molar-refractivity contribution < 1.29 is 14.3 Å². The van der Waals surface area contributed by atoms with Gasteiger partial charge in [-0.25, -0.2) is 4.79 Å². The minimum Gasteiger partial charge on any atom is -0.475 e. The number of carboxylic acid groups (broad SMARTS) is 1. The zero-order chi connectivity index (χ0) is 8.55. The second-order valence-electron chi connectivity index (χ2n) is 2.45. The number of benzene rings is 1. The summed E-state index contributed by atoms with van der Waals surface area (Å²) in [5.41, 5.74) is 0.606. The Balaban J connectivity index is 2.70. The highest BCUT2D eigenvalue weighted by molar-refractivity contribution is 5.91. The van der Waals surface area contributed by atoms with Gasteiger partial charge in [-0.1, -0.05) is 18.2 Å². The molecule has 1 N–H and O–H groups in total. The van der Waals surface area contributed by atoms with Crippen LogP contribution in [0.4, 0.5) is 0 Å². The molecule has 0 aliphatic carbocycles. The van der Waals surface area contributed by atoms with Gasteiger partial charge >= 0.3 is 5.97 Å². The number of rotatable bonds is 1. The van der Waals surface area contributed by atoms with Crippen molar-refractivity contribution in [2.75, 3.05) is 0 Å². The van der Waals surface area contributed by atoms with Gasteiger partial charge in [-0.15, -0.1) is 0 Å². The summed E-state index contributed by atoms with van der Waals surface area (Å²) in [5, 5.41) is 9.41. The van der Waals surface area contributed by atoms with Crippen molar-refractivity contribution in [3.63, 3.8) is 0 Å². The average Bonchev–Trinajstić information content (AvgIpc) is 2.46. The molecule has 0 amide bonds. The first-order valence-corrected chi connectivity index (χ1v) is 3.49. The molecule has 1 aromatic heterocycles. The molecule has 60 valence electrons. The number of para-hydroxylation sites is 1. The lowest BCUT2D eigenvalue weighted by atomic mass is 10.3. The molecule has 3 nitrogen and oxygen atoms in total. The maximum atomic E-state index is 10.5. The molecule has 0 aliphatic heterocycles. The van der Waals surface area contributed by atoms with Crippen molar-refractivity contribution >= 4 is 16.9 Å². The van der Waals surface area contributed by atoms with Gasteiger partial charge in [0, 0.05) is 5.39 Å². The van der Waals surface area contributed by atoms with E-state index in [4.69, 9.17) is 9.52 Å². The van der Waals surface area contributed by atoms with Crippen LogP contribution in [0.5, 0.6) is 0 Å². The Bertz CT molecular complexity index is 395. The van der Waals surface area contributed by atoms with Gasteiger partial charge in [0.25, 0.3) is 0 Å². The van der Waals surface area contributed by atoms with Crippen LogP contribution >= 0.6 is 0 Å². The molecule has 0 saturated heterocycles. The van der Waals surface area contributed by atoms with E-state index in [1.54, 1.807) is 12.1 Å². The van der Waals surface area contributed by atoms with E-state index in [1.165, 1.54) is 6.07 Å². The topological polar surface area (TPSA) is 50.4 Å². The Morgan fingerprint density at radius 3 is 2.75 bits per heavy atom. The molecule has 0 fully saturated rings. The molecule has 2 rings (SSSR count). The Morgan fingerprint density at radius 1 is 1.33 bits per heavy atom. The van der Waals surface area contributed by atoms with Gasteiger partial charge in [-0.2, -0.15) is 0 Å². The number of furan rings is 1. The summed E-state index contributed by atoms with van der Waals surface area (Å²) in [6, 6.07) is 8.70. The summed E-state index contributed by atoms with van der Waals surface area (Å²) in [7, 11) is 0. The summed E-state index contributed by atoms with van der Waals surface area (Å²) in [6.07, 6.45) is 0. The molecule has 1 aromatic carbocycles. The smallest absolute Gasteiger partial charge is 0.371 e. The maximum Gasteiger partial charge on any atom is 0.371 e. The molecule has 0 aliphatic rings. The normalized spacial score (nSPS) is 10.3.